The fraction of sp³-hybridized carbons (Fsp3) is 0.294. The number of hydrogen-bond acceptors (Lipinski definition) is 2. The fourth-order valence-electron chi connectivity index (χ4n) is 2.90. The number of anilines is 1. The largest absolute Gasteiger partial charge is 0.266 e. The molecule has 0 N–H and O–H groups in total. The third kappa shape index (κ3) is 2.50. The van der Waals surface area contributed by atoms with Gasteiger partial charge in [0.25, 0.3) is 10.0 Å². The molecule has 2 aromatic rings. The zero-order chi connectivity index (χ0) is 15.9. The van der Waals surface area contributed by atoms with E-state index in [9.17, 15) is 8.42 Å². The Balaban J connectivity index is 2.14. The van der Waals surface area contributed by atoms with Gasteiger partial charge in [0.1, 0.15) is 0 Å². The zero-order valence-electron chi connectivity index (χ0n) is 12.6. The lowest BCUT2D eigenvalue weighted by Crippen LogP contribution is -2.35. The monoisotopic (exact) mass is 335 g/mol. The highest BCUT2D eigenvalue weighted by Crippen LogP contribution is 2.34. The second kappa shape index (κ2) is 5.60. The van der Waals surface area contributed by atoms with E-state index in [2.05, 4.69) is 0 Å². The lowest BCUT2D eigenvalue weighted by Gasteiger charge is -2.31. The summed E-state index contributed by atoms with van der Waals surface area (Å²) in [4.78, 5) is 0.339. The molecule has 1 heterocycles. The van der Waals surface area contributed by atoms with Crippen LogP contribution >= 0.6 is 11.6 Å². The average molecular weight is 336 g/mol. The molecule has 22 heavy (non-hydrogen) atoms. The van der Waals surface area contributed by atoms with E-state index in [1.807, 2.05) is 31.2 Å². The predicted molar refractivity (Wildman–Crippen MR) is 90.2 cm³/mol. The normalized spacial score (nSPS) is 14.8. The molecule has 1 aliphatic rings. The molecule has 0 spiro atoms. The van der Waals surface area contributed by atoms with E-state index in [1.165, 1.54) is 4.31 Å². The van der Waals surface area contributed by atoms with Crippen LogP contribution in [0, 0.1) is 13.8 Å². The van der Waals surface area contributed by atoms with Crippen LogP contribution in [0.15, 0.2) is 41.3 Å². The van der Waals surface area contributed by atoms with Gasteiger partial charge in [0.15, 0.2) is 0 Å². The van der Waals surface area contributed by atoms with Crippen molar-refractivity contribution in [1.82, 2.24) is 0 Å². The van der Waals surface area contributed by atoms with Crippen molar-refractivity contribution in [2.45, 2.75) is 31.6 Å². The number of sulfonamides is 1. The number of para-hydroxylation sites is 1. The van der Waals surface area contributed by atoms with Gasteiger partial charge < -0.3 is 0 Å². The first kappa shape index (κ1) is 15.4. The third-order valence-electron chi connectivity index (χ3n) is 4.09. The van der Waals surface area contributed by atoms with Crippen molar-refractivity contribution in [2.75, 3.05) is 10.8 Å². The number of halogens is 1. The maximum atomic E-state index is 13.1. The first-order valence-corrected chi connectivity index (χ1v) is 9.10. The van der Waals surface area contributed by atoms with Crippen molar-refractivity contribution in [3.63, 3.8) is 0 Å². The van der Waals surface area contributed by atoms with Gasteiger partial charge in [0.05, 0.1) is 10.6 Å². The van der Waals surface area contributed by atoms with Crippen LogP contribution in [0.25, 0.3) is 0 Å². The van der Waals surface area contributed by atoms with Crippen LogP contribution < -0.4 is 4.31 Å². The molecule has 116 valence electrons. The van der Waals surface area contributed by atoms with Crippen molar-refractivity contribution in [3.05, 3.63) is 58.1 Å². The van der Waals surface area contributed by atoms with Crippen molar-refractivity contribution >= 4 is 27.3 Å². The summed E-state index contributed by atoms with van der Waals surface area (Å²) in [7, 11) is -3.57. The number of fused-ring (bicyclic) bond motifs is 1. The maximum absolute atomic E-state index is 13.1. The minimum atomic E-state index is -3.57. The molecule has 0 aliphatic carbocycles. The van der Waals surface area contributed by atoms with Gasteiger partial charge in [-0.2, -0.15) is 0 Å². The second-order valence-corrected chi connectivity index (χ2v) is 7.91. The molecule has 0 saturated carbocycles. The number of rotatable bonds is 2. The van der Waals surface area contributed by atoms with Crippen molar-refractivity contribution in [1.29, 1.82) is 0 Å². The molecule has 0 unspecified atom stereocenters. The van der Waals surface area contributed by atoms with Gasteiger partial charge in [0.2, 0.25) is 0 Å². The van der Waals surface area contributed by atoms with Gasteiger partial charge in [-0.25, -0.2) is 8.42 Å². The van der Waals surface area contributed by atoms with E-state index in [0.717, 1.165) is 29.7 Å². The molecule has 0 atom stereocenters. The standard InChI is InChI=1S/C17H18ClNO2S/c1-12-11-17(13(2)10-15(12)18)22(20,21)19-9-5-7-14-6-3-4-8-16(14)19/h3-4,6,8,10-11H,5,7,9H2,1-2H3. The molecule has 3 nitrogen and oxygen atoms in total. The van der Waals surface area contributed by atoms with E-state index in [-0.39, 0.29) is 0 Å². The molecule has 3 rings (SSSR count). The van der Waals surface area contributed by atoms with Gasteiger partial charge >= 0.3 is 0 Å². The van der Waals surface area contributed by atoms with Gasteiger partial charge in [0, 0.05) is 11.6 Å². The molecule has 5 heteroatoms. The van der Waals surface area contributed by atoms with Crippen LogP contribution in [-0.2, 0) is 16.4 Å². The summed E-state index contributed by atoms with van der Waals surface area (Å²) < 4.78 is 27.8. The quantitative estimate of drug-likeness (QED) is 0.828. The lowest BCUT2D eigenvalue weighted by molar-refractivity contribution is 0.586. The Kier molecular flexibility index (Phi) is 3.91. The lowest BCUT2D eigenvalue weighted by atomic mass is 10.0. The minimum absolute atomic E-state index is 0.339. The van der Waals surface area contributed by atoms with E-state index in [0.29, 0.717) is 22.0 Å². The van der Waals surface area contributed by atoms with Crippen LogP contribution in [0.3, 0.4) is 0 Å². The topological polar surface area (TPSA) is 37.4 Å². The molecule has 0 saturated heterocycles. The van der Waals surface area contributed by atoms with Crippen molar-refractivity contribution < 1.29 is 8.42 Å². The highest BCUT2D eigenvalue weighted by Gasteiger charge is 2.30. The van der Waals surface area contributed by atoms with E-state index in [1.54, 1.807) is 19.1 Å². The van der Waals surface area contributed by atoms with Gasteiger partial charge in [-0.15, -0.1) is 0 Å². The summed E-state index contributed by atoms with van der Waals surface area (Å²) in [5.74, 6) is 0. The van der Waals surface area contributed by atoms with Crippen LogP contribution in [-0.4, -0.2) is 15.0 Å². The minimum Gasteiger partial charge on any atom is -0.266 e. The van der Waals surface area contributed by atoms with E-state index >= 15 is 0 Å². The van der Waals surface area contributed by atoms with E-state index < -0.39 is 10.0 Å². The molecule has 0 amide bonds. The summed E-state index contributed by atoms with van der Waals surface area (Å²) >= 11 is 6.09. The summed E-state index contributed by atoms with van der Waals surface area (Å²) in [6.45, 7) is 4.12. The molecular formula is C17H18ClNO2S. The summed E-state index contributed by atoms with van der Waals surface area (Å²) in [5, 5.41) is 0.593. The Morgan fingerprint density at radius 1 is 1.09 bits per heavy atom. The number of benzene rings is 2. The molecule has 0 fully saturated rings. The Bertz CT molecular complexity index is 831. The molecule has 0 bridgehead atoms. The Labute approximate surface area is 136 Å². The summed E-state index contributed by atoms with van der Waals surface area (Å²) in [5.41, 5.74) is 3.33. The number of aryl methyl sites for hydroxylation is 3. The highest BCUT2D eigenvalue weighted by atomic mass is 35.5. The van der Waals surface area contributed by atoms with Crippen LogP contribution in [0.2, 0.25) is 5.02 Å². The average Bonchev–Trinajstić information content (AvgIpc) is 2.50. The molecule has 0 aromatic heterocycles. The Morgan fingerprint density at radius 2 is 1.82 bits per heavy atom. The third-order valence-corrected chi connectivity index (χ3v) is 6.45. The SMILES string of the molecule is Cc1cc(S(=O)(=O)N2CCCc3ccccc32)c(C)cc1Cl. The van der Waals surface area contributed by atoms with Gasteiger partial charge in [-0.1, -0.05) is 29.8 Å². The van der Waals surface area contributed by atoms with Gasteiger partial charge in [-0.3, -0.25) is 4.31 Å². The zero-order valence-corrected chi connectivity index (χ0v) is 14.2. The smallest absolute Gasteiger partial charge is 0.264 e. The summed E-state index contributed by atoms with van der Waals surface area (Å²) in [6.07, 6.45) is 1.75. The molecule has 2 aromatic carbocycles. The van der Waals surface area contributed by atoms with Crippen LogP contribution in [0.4, 0.5) is 5.69 Å². The fourth-order valence-corrected chi connectivity index (χ4v) is 4.95. The molecular weight excluding hydrogens is 318 g/mol. The molecule has 1 aliphatic heterocycles. The first-order chi connectivity index (χ1) is 10.4. The van der Waals surface area contributed by atoms with Crippen LogP contribution in [0.1, 0.15) is 23.1 Å². The predicted octanol–water partition coefficient (Wildman–Crippen LogP) is 4.10. The highest BCUT2D eigenvalue weighted by molar-refractivity contribution is 7.92. The first-order valence-electron chi connectivity index (χ1n) is 7.28. The van der Waals surface area contributed by atoms with Crippen LogP contribution in [0.5, 0.6) is 0 Å². The van der Waals surface area contributed by atoms with Gasteiger partial charge in [-0.05, 0) is 61.6 Å². The van der Waals surface area contributed by atoms with E-state index in [4.69, 9.17) is 11.6 Å². The Morgan fingerprint density at radius 3 is 2.59 bits per heavy atom. The maximum Gasteiger partial charge on any atom is 0.264 e. The summed E-state index contributed by atoms with van der Waals surface area (Å²) in [6, 6.07) is 11.1. The second-order valence-electron chi connectivity index (χ2n) is 5.68. The Hall–Kier alpha value is -1.52. The molecule has 0 radical (unpaired) electrons. The van der Waals surface area contributed by atoms with Crippen molar-refractivity contribution in [2.24, 2.45) is 0 Å². The number of hydrogen-bond donors (Lipinski definition) is 0. The number of nitrogens with zero attached hydrogens (tertiary/aromatic N) is 1. The van der Waals surface area contributed by atoms with Crippen molar-refractivity contribution in [3.8, 4) is 0 Å².